The van der Waals surface area contributed by atoms with Crippen LogP contribution < -0.4 is 0 Å². The van der Waals surface area contributed by atoms with Crippen molar-refractivity contribution in [3.05, 3.63) is 0 Å². The Morgan fingerprint density at radius 3 is 0.605 bits per heavy atom. The molecule has 0 amide bonds. The predicted molar refractivity (Wildman–Crippen MR) is 251 cm³/mol. The Hall–Kier alpha value is -1.24. The summed E-state index contributed by atoms with van der Waals surface area (Å²) in [6, 6.07) is 0. The van der Waals surface area contributed by atoms with E-state index in [1.54, 1.807) is 13.8 Å². The lowest BCUT2D eigenvalue weighted by atomic mass is 9.97. The fourth-order valence-electron chi connectivity index (χ4n) is 8.03. The van der Waals surface area contributed by atoms with E-state index in [2.05, 4.69) is 0 Å². The summed E-state index contributed by atoms with van der Waals surface area (Å²) >= 11 is 0. The first-order valence-corrected chi connectivity index (χ1v) is 24.6. The number of methoxy groups -OCH3 is 6. The molecule has 30 atom stereocenters. The summed E-state index contributed by atoms with van der Waals surface area (Å²) in [6.45, 7) is 8.24. The molecule has 31 nitrogen and oxygen atoms in total. The minimum atomic E-state index is -1.36. The van der Waals surface area contributed by atoms with Gasteiger partial charge in [-0.25, -0.2) is 0 Å². The first-order valence-electron chi connectivity index (χ1n) is 24.6. The summed E-state index contributed by atoms with van der Waals surface area (Å²) in [5.41, 5.74) is 0. The van der Waals surface area contributed by atoms with E-state index >= 15 is 0 Å². The number of hydrogen-bond donors (Lipinski definition) is 19. The minimum absolute atomic E-state index is 0.440. The van der Waals surface area contributed by atoms with Crippen LogP contribution >= 0.6 is 0 Å². The molecule has 0 bridgehead atoms. The van der Waals surface area contributed by atoms with Crippen molar-refractivity contribution in [3.63, 3.8) is 0 Å². The maximum atomic E-state index is 9.43. The van der Waals surface area contributed by atoms with Crippen molar-refractivity contribution in [1.29, 1.82) is 0 Å². The Balaban J connectivity index is 0.000000456. The summed E-state index contributed by atoms with van der Waals surface area (Å²) < 4.78 is 59.3. The van der Waals surface area contributed by atoms with Gasteiger partial charge in [0.05, 0.1) is 37.1 Å². The highest BCUT2D eigenvalue weighted by Gasteiger charge is 2.47. The molecule has 31 heteroatoms. The van der Waals surface area contributed by atoms with Gasteiger partial charge in [-0.1, -0.05) is 20.8 Å². The summed E-state index contributed by atoms with van der Waals surface area (Å²) in [5.74, 6) is 0. The van der Waals surface area contributed by atoms with Crippen LogP contribution in [-0.4, -0.2) is 331 Å². The largest absolute Gasteiger partial charge is 0.394 e. The Morgan fingerprint density at radius 1 is 0.250 bits per heavy atom. The van der Waals surface area contributed by atoms with Gasteiger partial charge >= 0.3 is 0 Å². The highest BCUT2D eigenvalue weighted by Crippen LogP contribution is 2.27. The smallest absolute Gasteiger partial charge is 0.186 e. The molecule has 0 radical (unpaired) electrons. The zero-order valence-corrected chi connectivity index (χ0v) is 44.5. The van der Waals surface area contributed by atoms with Crippen LogP contribution in [0.4, 0.5) is 0 Å². The molecule has 6 aliphatic rings. The quantitative estimate of drug-likeness (QED) is 0.0966. The third-order valence-corrected chi connectivity index (χ3v) is 13.1. The highest BCUT2D eigenvalue weighted by molar-refractivity contribution is 4.92. The molecule has 0 aromatic heterocycles. The van der Waals surface area contributed by atoms with Gasteiger partial charge in [0, 0.05) is 42.7 Å². The summed E-state index contributed by atoms with van der Waals surface area (Å²) in [5, 5.41) is 177. The van der Waals surface area contributed by atoms with E-state index in [4.69, 9.17) is 61.9 Å². The fourth-order valence-corrected chi connectivity index (χ4v) is 8.03. The van der Waals surface area contributed by atoms with Crippen LogP contribution in [0.1, 0.15) is 53.9 Å². The number of ether oxygens (including phenoxy) is 12. The number of rotatable bonds is 10. The van der Waals surface area contributed by atoms with Gasteiger partial charge in [-0.3, -0.25) is 0 Å². The van der Waals surface area contributed by atoms with E-state index in [0.717, 1.165) is 0 Å². The summed E-state index contributed by atoms with van der Waals surface area (Å²) in [4.78, 5) is 0. The van der Waals surface area contributed by atoms with E-state index in [9.17, 15) is 91.9 Å². The Morgan fingerprint density at radius 2 is 0.421 bits per heavy atom. The average Bonchev–Trinajstić information content (AvgIpc) is 3.42. The van der Waals surface area contributed by atoms with Crippen molar-refractivity contribution in [2.24, 2.45) is 0 Å². The van der Waals surface area contributed by atoms with Gasteiger partial charge in [0.1, 0.15) is 116 Å². The second-order valence-corrected chi connectivity index (χ2v) is 18.2. The van der Waals surface area contributed by atoms with Crippen LogP contribution in [0.2, 0.25) is 0 Å². The van der Waals surface area contributed by atoms with Crippen molar-refractivity contribution in [3.8, 4) is 0 Å². The monoisotopic (exact) mass is 1130 g/mol. The molecule has 456 valence electrons. The summed E-state index contributed by atoms with van der Waals surface area (Å²) in [6.07, 6.45) is -28.3. The Kier molecular flexibility index (Phi) is 34.1. The summed E-state index contributed by atoms with van der Waals surface area (Å²) in [7, 11) is 8.17. The van der Waals surface area contributed by atoms with Crippen LogP contribution in [0.3, 0.4) is 0 Å². The van der Waals surface area contributed by atoms with E-state index in [1.165, 1.54) is 42.7 Å². The normalized spacial score (nSPS) is 47.3. The molecule has 0 spiro atoms. The molecule has 6 saturated heterocycles. The molecule has 6 rings (SSSR count). The SMILES string of the molecule is CC[C@H]1O[C@@H](OC)[C@H](O)[C@@H](O)[C@@H]1O.CC[C@H]1O[C@@H](OC)[C@H](O)[C@@H](O)[C@H]1O.CC[C@H]1O[C@H](OC)[C@H](O)[C@@H](O)[C@H]1O.CO[C@@H]1O[C@H](C)[C@@H](O)[C@H](O)[C@H]1O.CO[C@H]1O[C@H](C)[C@@H](O)[C@H](O)[C@H]1O.CO[C@H]1O[C@H](CO)[C@@H](O)[C@H](O)[C@H]1O. The van der Waals surface area contributed by atoms with Crippen LogP contribution in [0.15, 0.2) is 0 Å². The predicted octanol–water partition coefficient (Wildman–Crippen LogP) is -9.10. The average molecular weight is 1130 g/mol. The number of aliphatic hydroxyl groups excluding tert-OH is 19. The van der Waals surface area contributed by atoms with Crippen LogP contribution in [-0.2, 0) is 56.8 Å². The molecule has 0 aliphatic carbocycles. The van der Waals surface area contributed by atoms with E-state index < -0.39 is 191 Å². The first kappa shape index (κ1) is 72.8. The second kappa shape index (κ2) is 35.6. The van der Waals surface area contributed by atoms with Gasteiger partial charge in [0.25, 0.3) is 0 Å². The Bertz CT molecular complexity index is 1230. The van der Waals surface area contributed by atoms with Gasteiger partial charge in [-0.2, -0.15) is 0 Å². The van der Waals surface area contributed by atoms with Crippen LogP contribution in [0.5, 0.6) is 0 Å². The standard InChI is InChI=1S/3C8H16O5.C7H14O6.2C7H14O5/c3*1-3-4-5(9)6(10)7(11)8(12-2)13-4;1-12-7-6(11)5(10)4(9)3(2-8)13-7;2*1-3-4(8)5(9)6(10)7(11-2)12-3/h3*4-11H,3H2,1-2H3;3-11H,2H2,1H3;2*3-10H,1-2H3/t4-,5+,6+,7-,8+;4-,5+,6+,7-,8-;4-,5-,6+,7-,8-;2*3-,4-,5+,6-,7+;3-,4-,5+,6-,7-/m111111/s1. The zero-order valence-electron chi connectivity index (χ0n) is 44.5. The number of hydrogen-bond acceptors (Lipinski definition) is 31. The second-order valence-electron chi connectivity index (χ2n) is 18.2. The molecule has 6 aliphatic heterocycles. The van der Waals surface area contributed by atoms with Gasteiger partial charge < -0.3 is 154 Å². The molecule has 6 heterocycles. The highest BCUT2D eigenvalue weighted by atomic mass is 16.7. The fraction of sp³-hybridized carbons (Fsp3) is 1.00. The maximum Gasteiger partial charge on any atom is 0.186 e. The van der Waals surface area contributed by atoms with Crippen molar-refractivity contribution >= 4 is 0 Å². The molecule has 0 unspecified atom stereocenters. The lowest BCUT2D eigenvalue weighted by molar-refractivity contribution is -0.294. The lowest BCUT2D eigenvalue weighted by Crippen LogP contribution is -2.58. The van der Waals surface area contributed by atoms with Crippen molar-refractivity contribution in [2.75, 3.05) is 49.3 Å². The van der Waals surface area contributed by atoms with Crippen LogP contribution in [0, 0.1) is 0 Å². The van der Waals surface area contributed by atoms with Gasteiger partial charge in [-0.15, -0.1) is 0 Å². The van der Waals surface area contributed by atoms with Gasteiger partial charge in [0.2, 0.25) is 0 Å². The number of aliphatic hydroxyl groups is 19. The Labute approximate surface area is 440 Å². The van der Waals surface area contributed by atoms with E-state index in [-0.39, 0.29) is 0 Å². The van der Waals surface area contributed by atoms with Crippen LogP contribution in [0.25, 0.3) is 0 Å². The van der Waals surface area contributed by atoms with E-state index in [1.807, 2.05) is 20.8 Å². The molecule has 0 aromatic carbocycles. The minimum Gasteiger partial charge on any atom is -0.394 e. The lowest BCUT2D eigenvalue weighted by Gasteiger charge is -2.39. The third-order valence-electron chi connectivity index (χ3n) is 13.1. The molecule has 6 fully saturated rings. The molecule has 0 saturated carbocycles. The molecule has 0 aromatic rings. The molecule has 19 N–H and O–H groups in total. The van der Waals surface area contributed by atoms with Crippen molar-refractivity contribution < 1.29 is 154 Å². The zero-order chi connectivity index (χ0) is 58.6. The molecular formula is C45H90O31. The topological polar surface area (TPSA) is 495 Å². The van der Waals surface area contributed by atoms with Gasteiger partial charge in [-0.05, 0) is 33.1 Å². The van der Waals surface area contributed by atoms with E-state index in [0.29, 0.717) is 19.3 Å². The van der Waals surface area contributed by atoms with Gasteiger partial charge in [0.15, 0.2) is 37.7 Å². The maximum absolute atomic E-state index is 9.43. The van der Waals surface area contributed by atoms with Crippen molar-refractivity contribution in [2.45, 2.75) is 238 Å². The van der Waals surface area contributed by atoms with Crippen molar-refractivity contribution in [1.82, 2.24) is 0 Å². The molecule has 76 heavy (non-hydrogen) atoms. The third kappa shape index (κ3) is 19.5. The first-order chi connectivity index (χ1) is 35.6. The molecular weight excluding hydrogens is 1040 g/mol.